The molecule has 3 nitrogen and oxygen atoms in total. The molecule has 0 aliphatic heterocycles. The molecule has 0 aliphatic rings. The van der Waals surface area contributed by atoms with Gasteiger partial charge in [0.25, 0.3) is 0 Å². The summed E-state index contributed by atoms with van der Waals surface area (Å²) in [6.45, 7) is 7.00. The van der Waals surface area contributed by atoms with Crippen molar-refractivity contribution in [2.45, 2.75) is 72.6 Å². The smallest absolute Gasteiger partial charge is 0.116 e. The van der Waals surface area contributed by atoms with E-state index in [2.05, 4.69) is 36.7 Å². The molecule has 140 valence electrons. The van der Waals surface area contributed by atoms with E-state index in [0.29, 0.717) is 5.00 Å². The number of hydrogen-bond donors (Lipinski definition) is 0. The molecule has 1 atom stereocenters. The molecule has 1 aromatic rings. The Morgan fingerprint density at radius 3 is 1.88 bits per heavy atom. The molecule has 0 aromatic carbocycles. The molecule has 0 bridgehead atoms. The van der Waals surface area contributed by atoms with Gasteiger partial charge in [-0.1, -0.05) is 0 Å². The number of rotatable bonds is 11. The maximum atomic E-state index is 10.5. The van der Waals surface area contributed by atoms with Gasteiger partial charge in [-0.3, -0.25) is 8.51 Å². The van der Waals surface area contributed by atoms with Crippen LogP contribution >= 0.6 is 27.3 Å². The third-order valence-corrected chi connectivity index (χ3v) is 15.5. The Hall–Kier alpha value is 0.889. The average Bonchev–Trinajstić information content (AvgIpc) is 3.00. The standard InChI is InChI=1S/C5H6BrNO2S2.3C4H9.Sn/c1-7(11(8)9)5-4(6)2-3-10-5;3*1-3-4-2;/h2-3H,1H3,(H,8,9);3*1,3-4H2,2H3;/q;;;;+1/p-1. The van der Waals surface area contributed by atoms with Gasteiger partial charge in [0.1, 0.15) is 5.00 Å². The zero-order chi connectivity index (χ0) is 18.4. The minimum absolute atomic E-state index is 0.693. The van der Waals surface area contributed by atoms with Crippen LogP contribution in [0.15, 0.2) is 15.9 Å². The first-order chi connectivity index (χ1) is 11.5. The third kappa shape index (κ3) is 11.5. The Bertz CT molecular complexity index is 427. The summed E-state index contributed by atoms with van der Waals surface area (Å²) in [7, 11) is 1.50. The molecule has 0 saturated carbocycles. The van der Waals surface area contributed by atoms with Gasteiger partial charge in [-0.2, -0.15) is 0 Å². The van der Waals surface area contributed by atoms with Crippen LogP contribution in [-0.4, -0.2) is 35.6 Å². The summed E-state index contributed by atoms with van der Waals surface area (Å²) < 4.78 is 27.9. The van der Waals surface area contributed by atoms with E-state index in [9.17, 15) is 8.76 Å². The number of hydrogen-bond acceptors (Lipinski definition) is 3. The van der Waals surface area contributed by atoms with Crippen LogP contribution in [0, 0.1) is 0 Å². The molecule has 0 fully saturated rings. The van der Waals surface area contributed by atoms with Crippen molar-refractivity contribution in [3.63, 3.8) is 0 Å². The summed E-state index contributed by atoms with van der Waals surface area (Å²) in [5.74, 6) is 0. The second-order valence-electron chi connectivity index (χ2n) is 5.85. The van der Waals surface area contributed by atoms with Crippen LogP contribution in [0.4, 0.5) is 5.00 Å². The van der Waals surface area contributed by atoms with Gasteiger partial charge in [0.05, 0.1) is 4.47 Å². The van der Waals surface area contributed by atoms with E-state index < -0.39 is 31.0 Å². The predicted octanol–water partition coefficient (Wildman–Crippen LogP) is 6.62. The Morgan fingerprint density at radius 2 is 1.58 bits per heavy atom. The van der Waals surface area contributed by atoms with Gasteiger partial charge in [-0.05, 0) is 27.4 Å². The average molecular weight is 545 g/mol. The fraction of sp³-hybridized carbons (Fsp3) is 0.765. The van der Waals surface area contributed by atoms with Crippen molar-refractivity contribution < 1.29 is 8.76 Å². The monoisotopic (exact) mass is 545 g/mol. The van der Waals surface area contributed by atoms with Gasteiger partial charge in [-0.15, -0.1) is 11.3 Å². The molecule has 0 saturated heterocycles. The Kier molecular flexibility index (Phi) is 16.7. The van der Waals surface area contributed by atoms with Crippen LogP contribution in [0.1, 0.15) is 59.3 Å². The summed E-state index contributed by atoms with van der Waals surface area (Å²) in [6, 6.07) is 1.81. The number of halogens is 1. The first kappa shape index (κ1) is 24.9. The molecule has 0 aliphatic carbocycles. The van der Waals surface area contributed by atoms with Crippen molar-refractivity contribution in [2.75, 3.05) is 11.4 Å². The van der Waals surface area contributed by atoms with Crippen molar-refractivity contribution in [2.24, 2.45) is 0 Å². The maximum absolute atomic E-state index is 10.5. The van der Waals surface area contributed by atoms with E-state index in [-0.39, 0.29) is 0 Å². The number of unbranched alkanes of at least 4 members (excludes halogenated alkanes) is 3. The van der Waals surface area contributed by atoms with Crippen LogP contribution < -0.4 is 4.31 Å². The Balaban J connectivity index is 0.000000446. The molecular weight excluding hydrogens is 513 g/mol. The Morgan fingerprint density at radius 1 is 1.12 bits per heavy atom. The molecule has 24 heavy (non-hydrogen) atoms. The van der Waals surface area contributed by atoms with Crippen molar-refractivity contribution >= 4 is 63.3 Å². The summed E-state index contributed by atoms with van der Waals surface area (Å²) in [6.07, 6.45) is 8.85. The molecule has 0 spiro atoms. The minimum Gasteiger partial charge on any atom is -0.755 e. The summed E-state index contributed by atoms with van der Waals surface area (Å²) in [4.78, 5) is 0. The molecule has 1 rings (SSSR count). The number of anilines is 1. The largest absolute Gasteiger partial charge is 0.755 e. The van der Waals surface area contributed by atoms with Gasteiger partial charge >= 0.3 is 92.4 Å². The van der Waals surface area contributed by atoms with Crippen LogP contribution in [0.25, 0.3) is 0 Å². The van der Waals surface area contributed by atoms with E-state index in [4.69, 9.17) is 0 Å². The number of thiophene rings is 1. The van der Waals surface area contributed by atoms with E-state index in [1.807, 2.05) is 11.4 Å². The van der Waals surface area contributed by atoms with Crippen molar-refractivity contribution in [1.29, 1.82) is 0 Å². The normalized spacial score (nSPS) is 11.6. The molecule has 7 heteroatoms. The molecule has 0 amide bonds. The minimum atomic E-state index is -2.19. The van der Waals surface area contributed by atoms with Crippen molar-refractivity contribution in [1.82, 2.24) is 0 Å². The van der Waals surface area contributed by atoms with Crippen molar-refractivity contribution in [3.8, 4) is 0 Å². The third-order valence-electron chi connectivity index (χ3n) is 3.76. The van der Waals surface area contributed by atoms with E-state index in [0.717, 1.165) is 4.47 Å². The molecular formula is C17H32BrNO2S2Sn. The van der Waals surface area contributed by atoms with Gasteiger partial charge in [0.2, 0.25) is 0 Å². The second kappa shape index (κ2) is 16.1. The summed E-state index contributed by atoms with van der Waals surface area (Å²) in [5.41, 5.74) is 0. The second-order valence-corrected chi connectivity index (χ2v) is 17.1. The first-order valence-corrected chi connectivity index (χ1v) is 17.6. The van der Waals surface area contributed by atoms with Crippen LogP contribution in [0.5, 0.6) is 0 Å². The zero-order valence-electron chi connectivity index (χ0n) is 15.5. The first-order valence-electron chi connectivity index (χ1n) is 8.87. The molecule has 1 aromatic heterocycles. The predicted molar refractivity (Wildman–Crippen MR) is 114 cm³/mol. The van der Waals surface area contributed by atoms with Crippen LogP contribution in [0.2, 0.25) is 13.3 Å². The SMILES string of the molecule is CCC[CH2][Sn+]([CH2]CCC)[CH2]CCC.CN(c1sccc1Br)S(=O)[O-]. The quantitative estimate of drug-likeness (QED) is 0.232. The molecule has 0 N–H and O–H groups in total. The van der Waals surface area contributed by atoms with Gasteiger partial charge in [-0.25, -0.2) is 0 Å². The zero-order valence-corrected chi connectivity index (χ0v) is 21.5. The van der Waals surface area contributed by atoms with Crippen molar-refractivity contribution in [3.05, 3.63) is 15.9 Å². The summed E-state index contributed by atoms with van der Waals surface area (Å²) >= 11 is 1.58. The fourth-order valence-electron chi connectivity index (χ4n) is 2.23. The van der Waals surface area contributed by atoms with E-state index in [1.54, 1.807) is 13.3 Å². The van der Waals surface area contributed by atoms with E-state index >= 15 is 0 Å². The van der Waals surface area contributed by atoms with Crippen LogP contribution in [0.3, 0.4) is 0 Å². The summed E-state index contributed by atoms with van der Waals surface area (Å²) in [5, 5.41) is 2.52. The number of nitrogens with zero attached hydrogens (tertiary/aromatic N) is 1. The van der Waals surface area contributed by atoms with Crippen LogP contribution in [-0.2, 0) is 11.3 Å². The van der Waals surface area contributed by atoms with Gasteiger partial charge < -0.3 is 4.55 Å². The maximum Gasteiger partial charge on any atom is 0.116 e. The van der Waals surface area contributed by atoms with Gasteiger partial charge in [0, 0.05) is 18.3 Å². The van der Waals surface area contributed by atoms with E-state index in [1.165, 1.54) is 61.2 Å². The molecule has 0 radical (unpaired) electrons. The topological polar surface area (TPSA) is 43.4 Å². The van der Waals surface area contributed by atoms with Gasteiger partial charge in [0.15, 0.2) is 0 Å². The Labute approximate surface area is 170 Å². The molecule has 1 unspecified atom stereocenters. The fourth-order valence-corrected chi connectivity index (χ4v) is 13.9. The molecule has 1 heterocycles.